The monoisotopic (exact) mass is 361 g/mol. The summed E-state index contributed by atoms with van der Waals surface area (Å²) in [5.74, 6) is 0.667. The van der Waals surface area contributed by atoms with Crippen LogP contribution in [0.2, 0.25) is 0 Å². The number of aryl methyl sites for hydroxylation is 2. The number of hydrogen-bond donors (Lipinski definition) is 0. The number of nitrogens with zero attached hydrogens (tertiary/aromatic N) is 3. The molecule has 0 bridgehead atoms. The van der Waals surface area contributed by atoms with Crippen molar-refractivity contribution in [1.82, 2.24) is 9.97 Å². The highest BCUT2D eigenvalue weighted by Crippen LogP contribution is 2.23. The molecule has 0 atom stereocenters. The van der Waals surface area contributed by atoms with E-state index in [4.69, 9.17) is 9.40 Å². The van der Waals surface area contributed by atoms with Gasteiger partial charge in [0, 0.05) is 19.1 Å². The standard InChI is InChI=1S/C15H12N3O.CH4O4S/c1-9-16-15-13(19-9)8-7-12-14(15)17-10-5-3-4-6-11(10)18(12)2;1-5-6(2,3)4/h3-8H,1-2H3;1H3,(H,2,3,4)/q+1;/p-1. The van der Waals surface area contributed by atoms with Gasteiger partial charge in [0.2, 0.25) is 21.4 Å². The van der Waals surface area contributed by atoms with E-state index >= 15 is 0 Å². The van der Waals surface area contributed by atoms with Crippen LogP contribution in [0.4, 0.5) is 0 Å². The van der Waals surface area contributed by atoms with Gasteiger partial charge in [0.25, 0.3) is 0 Å². The lowest BCUT2D eigenvalue weighted by Crippen LogP contribution is -2.30. The Bertz CT molecular complexity index is 1180. The van der Waals surface area contributed by atoms with Crippen molar-refractivity contribution in [3.05, 3.63) is 42.3 Å². The normalized spacial score (nSPS) is 11.7. The topological polar surface area (TPSA) is 109 Å². The molecule has 2 aromatic carbocycles. The largest absolute Gasteiger partial charge is 0.726 e. The molecule has 0 aliphatic heterocycles. The van der Waals surface area contributed by atoms with E-state index < -0.39 is 10.4 Å². The van der Waals surface area contributed by atoms with Crippen LogP contribution in [0.3, 0.4) is 0 Å². The number of aromatic nitrogens is 3. The second-order valence-electron chi connectivity index (χ2n) is 5.25. The van der Waals surface area contributed by atoms with Crippen molar-refractivity contribution in [3.63, 3.8) is 0 Å². The molecule has 9 heteroatoms. The number of benzene rings is 2. The minimum atomic E-state index is -4.41. The molecule has 0 radical (unpaired) electrons. The van der Waals surface area contributed by atoms with E-state index in [9.17, 15) is 13.0 Å². The SMILES string of the molecule is COS(=O)(=O)[O-].Cc1nc2c(ccc3c2nc2ccccc2[n+]3C)o1. The molecule has 2 aromatic heterocycles. The van der Waals surface area contributed by atoms with Gasteiger partial charge >= 0.3 is 0 Å². The maximum Gasteiger partial charge on any atom is 0.233 e. The van der Waals surface area contributed by atoms with Gasteiger partial charge in [-0.3, -0.25) is 4.18 Å². The summed E-state index contributed by atoms with van der Waals surface area (Å²) >= 11 is 0. The van der Waals surface area contributed by atoms with Crippen molar-refractivity contribution >= 4 is 43.6 Å². The van der Waals surface area contributed by atoms with Gasteiger partial charge in [-0.15, -0.1) is 0 Å². The first-order valence-corrected chi connectivity index (χ1v) is 8.59. The Morgan fingerprint density at radius 1 is 1.08 bits per heavy atom. The molecule has 0 saturated heterocycles. The summed E-state index contributed by atoms with van der Waals surface area (Å²) in [5.41, 5.74) is 5.62. The Labute approximate surface area is 143 Å². The molecule has 4 rings (SSSR count). The van der Waals surface area contributed by atoms with E-state index in [1.54, 1.807) is 0 Å². The molecule has 130 valence electrons. The summed E-state index contributed by atoms with van der Waals surface area (Å²) in [4.78, 5) is 9.18. The van der Waals surface area contributed by atoms with Crippen molar-refractivity contribution < 1.29 is 26.1 Å². The van der Waals surface area contributed by atoms with Gasteiger partial charge in [0.1, 0.15) is 18.1 Å². The average Bonchev–Trinajstić information content (AvgIpc) is 2.96. The van der Waals surface area contributed by atoms with Crippen LogP contribution in [-0.4, -0.2) is 30.0 Å². The second kappa shape index (κ2) is 6.36. The molecule has 0 unspecified atom stereocenters. The molecule has 25 heavy (non-hydrogen) atoms. The Morgan fingerprint density at radius 2 is 1.76 bits per heavy atom. The molecule has 0 N–H and O–H groups in total. The van der Waals surface area contributed by atoms with Crippen molar-refractivity contribution in [2.45, 2.75) is 6.92 Å². The maximum atomic E-state index is 9.22. The summed E-state index contributed by atoms with van der Waals surface area (Å²) in [7, 11) is -1.56. The first kappa shape index (κ1) is 17.2. The van der Waals surface area contributed by atoms with Gasteiger partial charge in [-0.05, 0) is 12.1 Å². The Morgan fingerprint density at radius 3 is 2.44 bits per heavy atom. The zero-order valence-corrected chi connectivity index (χ0v) is 14.6. The van der Waals surface area contributed by atoms with Gasteiger partial charge in [-0.2, -0.15) is 4.57 Å². The van der Waals surface area contributed by atoms with E-state index in [1.807, 2.05) is 44.3 Å². The number of hydrogen-bond acceptors (Lipinski definition) is 7. The van der Waals surface area contributed by atoms with Crippen LogP contribution in [-0.2, 0) is 21.6 Å². The van der Waals surface area contributed by atoms with Crippen molar-refractivity contribution in [2.24, 2.45) is 7.05 Å². The highest BCUT2D eigenvalue weighted by atomic mass is 32.3. The summed E-state index contributed by atoms with van der Waals surface area (Å²) in [6.45, 7) is 1.85. The molecule has 0 saturated carbocycles. The smallest absolute Gasteiger partial charge is 0.233 e. The molecule has 2 heterocycles. The van der Waals surface area contributed by atoms with E-state index in [0.717, 1.165) is 40.3 Å². The predicted octanol–water partition coefficient (Wildman–Crippen LogP) is 1.76. The summed E-state index contributed by atoms with van der Waals surface area (Å²) in [6.07, 6.45) is 0. The average molecular weight is 361 g/mol. The summed E-state index contributed by atoms with van der Waals surface area (Å²) in [5, 5.41) is 0. The fourth-order valence-electron chi connectivity index (χ4n) is 2.55. The first-order valence-electron chi connectivity index (χ1n) is 7.26. The van der Waals surface area contributed by atoms with Crippen molar-refractivity contribution in [2.75, 3.05) is 7.11 Å². The van der Waals surface area contributed by atoms with E-state index in [0.29, 0.717) is 5.89 Å². The van der Waals surface area contributed by atoms with E-state index in [-0.39, 0.29) is 0 Å². The summed E-state index contributed by atoms with van der Waals surface area (Å²) < 4.78 is 38.7. The van der Waals surface area contributed by atoms with Gasteiger partial charge < -0.3 is 8.97 Å². The fraction of sp³-hybridized carbons (Fsp3) is 0.188. The molecule has 0 aliphatic rings. The third-order valence-electron chi connectivity index (χ3n) is 3.66. The number of rotatable bonds is 1. The lowest BCUT2D eigenvalue weighted by atomic mass is 10.2. The van der Waals surface area contributed by atoms with Crippen LogP contribution in [0.15, 0.2) is 40.8 Å². The van der Waals surface area contributed by atoms with Gasteiger partial charge in [0.15, 0.2) is 17.0 Å². The number of oxazole rings is 1. The molecular weight excluding hydrogens is 346 g/mol. The van der Waals surface area contributed by atoms with E-state index in [2.05, 4.69) is 19.8 Å². The molecule has 0 fully saturated rings. The van der Waals surface area contributed by atoms with Crippen molar-refractivity contribution in [1.29, 1.82) is 0 Å². The zero-order chi connectivity index (χ0) is 18.2. The highest BCUT2D eigenvalue weighted by Gasteiger charge is 2.17. The molecular formula is C16H15N3O5S. The van der Waals surface area contributed by atoms with E-state index in [1.165, 1.54) is 0 Å². The number of fused-ring (bicyclic) bond motifs is 4. The van der Waals surface area contributed by atoms with Crippen LogP contribution in [0, 0.1) is 6.92 Å². The van der Waals surface area contributed by atoms with Crippen LogP contribution in [0.5, 0.6) is 0 Å². The van der Waals surface area contributed by atoms with Crippen LogP contribution >= 0.6 is 0 Å². The minimum Gasteiger partial charge on any atom is -0.726 e. The zero-order valence-electron chi connectivity index (χ0n) is 13.8. The molecule has 0 spiro atoms. The van der Waals surface area contributed by atoms with Crippen LogP contribution in [0.25, 0.3) is 33.2 Å². The van der Waals surface area contributed by atoms with Crippen LogP contribution < -0.4 is 4.57 Å². The Hall–Kier alpha value is -2.62. The van der Waals surface area contributed by atoms with Crippen LogP contribution in [0.1, 0.15) is 5.89 Å². The predicted molar refractivity (Wildman–Crippen MR) is 89.4 cm³/mol. The summed E-state index contributed by atoms with van der Waals surface area (Å²) in [6, 6.07) is 12.1. The molecule has 4 aromatic rings. The van der Waals surface area contributed by atoms with Gasteiger partial charge in [-0.25, -0.2) is 18.4 Å². The minimum absolute atomic E-state index is 0.667. The Kier molecular flexibility index (Phi) is 4.38. The molecule has 8 nitrogen and oxygen atoms in total. The third kappa shape index (κ3) is 3.43. The van der Waals surface area contributed by atoms with Gasteiger partial charge in [0.05, 0.1) is 7.11 Å². The van der Waals surface area contributed by atoms with Crippen molar-refractivity contribution in [3.8, 4) is 0 Å². The lowest BCUT2D eigenvalue weighted by molar-refractivity contribution is -0.617. The van der Waals surface area contributed by atoms with Gasteiger partial charge in [-0.1, -0.05) is 12.1 Å². The molecule has 0 aliphatic carbocycles. The Balaban J connectivity index is 0.000000265. The number of para-hydroxylation sites is 2. The first-order chi connectivity index (χ1) is 11.8. The third-order valence-corrected chi connectivity index (χ3v) is 4.07. The maximum absolute atomic E-state index is 9.22. The second-order valence-corrected chi connectivity index (χ2v) is 6.40. The highest BCUT2D eigenvalue weighted by molar-refractivity contribution is 7.80. The fourth-order valence-corrected chi connectivity index (χ4v) is 2.55. The molecule has 0 amide bonds. The quantitative estimate of drug-likeness (QED) is 0.220. The lowest BCUT2D eigenvalue weighted by Gasteiger charge is -2.00.